The van der Waals surface area contributed by atoms with E-state index >= 15 is 0 Å². The van der Waals surface area contributed by atoms with Crippen LogP contribution in [0.2, 0.25) is 0 Å². The third-order valence-corrected chi connectivity index (χ3v) is 36.8. The third-order valence-electron chi connectivity index (χ3n) is 27.9. The summed E-state index contributed by atoms with van der Waals surface area (Å²) in [5, 5.41) is 0. The molecule has 0 atom stereocenters. The van der Waals surface area contributed by atoms with Crippen LogP contribution in [0.25, 0.3) is 58.5 Å². The average Bonchev–Trinajstić information content (AvgIpc) is 1.48. The highest BCUT2D eigenvalue weighted by atomic mass is 79.9. The number of benzene rings is 5. The lowest BCUT2D eigenvalue weighted by Gasteiger charge is -2.36. The molecule has 0 aliphatic heterocycles. The van der Waals surface area contributed by atoms with E-state index in [-0.39, 0.29) is 0 Å². The molecule has 0 nitrogen and oxygen atoms in total. The quantitative estimate of drug-likeness (QED) is 0.0333. The fourth-order valence-electron chi connectivity index (χ4n) is 20.9. The topological polar surface area (TPSA) is 0 Å². The van der Waals surface area contributed by atoms with Gasteiger partial charge in [0.25, 0.3) is 0 Å². The lowest BCUT2D eigenvalue weighted by molar-refractivity contribution is 0.535. The maximum Gasteiger partial charge on any atom is 0.0736 e. The molecule has 2 aliphatic rings. The molecule has 6 aromatic heterocycles. The predicted octanol–water partition coefficient (Wildman–Crippen LogP) is 41.0. The van der Waals surface area contributed by atoms with Crippen molar-refractivity contribution >= 4 is 137 Å². The molecule has 0 bridgehead atoms. The molecule has 0 unspecified atom stereocenters. The second-order valence-electron chi connectivity index (χ2n) is 37.2. The van der Waals surface area contributed by atoms with Gasteiger partial charge in [0.15, 0.2) is 0 Å². The fraction of sp³-hybridized carbons (Fsp3) is 0.589. The van der Waals surface area contributed by atoms with E-state index in [0.717, 1.165) is 25.7 Å². The molecule has 120 heavy (non-hydrogen) atoms. The Labute approximate surface area is 770 Å². The summed E-state index contributed by atoms with van der Waals surface area (Å²) in [6, 6.07) is 51.9. The van der Waals surface area contributed by atoms with Gasteiger partial charge in [0, 0.05) is 30.3 Å². The Hall–Kier alpha value is -3.70. The first-order valence-corrected chi connectivity index (χ1v) is 56.6. The van der Waals surface area contributed by atoms with Crippen LogP contribution in [0.4, 0.5) is 0 Å². The molecule has 650 valence electrons. The number of thiophene rings is 6. The number of hydrogen-bond acceptors (Lipinski definition) is 6. The molecule has 0 saturated carbocycles. The number of hydrogen-bond donors (Lipinski definition) is 0. The molecular formula is C112H152Br2S6. The Morgan fingerprint density at radius 1 is 0.208 bits per heavy atom. The second kappa shape index (κ2) is 50.7. The summed E-state index contributed by atoms with van der Waals surface area (Å²) in [5.74, 6) is 0. The molecule has 6 heterocycles. The molecule has 8 heteroatoms. The van der Waals surface area contributed by atoms with Gasteiger partial charge in [0.2, 0.25) is 0 Å². The number of halogens is 2. The van der Waals surface area contributed by atoms with E-state index in [2.05, 4.69) is 226 Å². The summed E-state index contributed by atoms with van der Waals surface area (Å²) >= 11 is 20.3. The molecular weight excluding hydrogens is 1700 g/mol. The highest BCUT2D eigenvalue weighted by Gasteiger charge is 2.55. The van der Waals surface area contributed by atoms with Crippen molar-refractivity contribution in [3.05, 3.63) is 196 Å². The van der Waals surface area contributed by atoms with E-state index in [1.54, 1.807) is 0 Å². The zero-order chi connectivity index (χ0) is 82.8. The summed E-state index contributed by atoms with van der Waals surface area (Å²) in [7, 11) is 0. The van der Waals surface area contributed by atoms with Gasteiger partial charge in [-0.2, -0.15) is 0 Å². The van der Waals surface area contributed by atoms with Crippen molar-refractivity contribution in [3.8, 4) is 20.9 Å². The van der Waals surface area contributed by atoms with Crippen LogP contribution >= 0.6 is 99.9 Å². The highest BCUT2D eigenvalue weighted by molar-refractivity contribution is 9.11. The van der Waals surface area contributed by atoms with E-state index in [9.17, 15) is 0 Å². The minimum Gasteiger partial charge on any atom is -0.133 e. The van der Waals surface area contributed by atoms with E-state index in [4.69, 9.17) is 0 Å². The number of fused-ring (bicyclic) bond motifs is 14. The first kappa shape index (κ1) is 93.9. The zero-order valence-electron chi connectivity index (χ0n) is 75.2. The van der Waals surface area contributed by atoms with E-state index in [1.165, 1.54) is 492 Å². The Bertz CT molecular complexity index is 4280. The van der Waals surface area contributed by atoms with Crippen molar-refractivity contribution in [2.75, 3.05) is 0 Å². The second-order valence-corrected chi connectivity index (χ2v) is 46.2. The lowest BCUT2D eigenvalue weighted by atomic mass is 9.65. The van der Waals surface area contributed by atoms with Crippen molar-refractivity contribution in [3.63, 3.8) is 0 Å². The molecule has 5 aromatic carbocycles. The monoisotopic (exact) mass is 1850 g/mol. The Balaban J connectivity index is 0.834. The van der Waals surface area contributed by atoms with Crippen molar-refractivity contribution in [2.24, 2.45) is 0 Å². The van der Waals surface area contributed by atoms with Crippen LogP contribution in [0.3, 0.4) is 0 Å². The zero-order valence-corrected chi connectivity index (χ0v) is 83.2. The fourth-order valence-corrected chi connectivity index (χ4v) is 30.9. The maximum atomic E-state index is 4.03. The Morgan fingerprint density at radius 2 is 0.408 bits per heavy atom. The summed E-state index contributed by atoms with van der Waals surface area (Å²) < 4.78 is 14.1. The molecule has 11 aromatic rings. The smallest absolute Gasteiger partial charge is 0.0736 e. The standard InChI is InChI=1S/C112H152Br2S6/c1-5-9-13-17-21-25-29-33-37-41-45-49-53-57-61-85-65-73-89(74-66-85)111(90-75-67-86(68-76-90)62-58-54-50-46-42-38-34-30-26-22-18-14-10-6-2)95-81-94-96(82-93(95)103-101(111)107-109(119-103)105-97(115-107)83-99(113)117-105)112(102-104(94)120-110-106-98(116-108(102)110)84-100(114)118-106,91-77-69-87(70-78-91)63-59-55-51-47-43-39-35-31-27-23-19-15-11-7-3)92-79-71-88(72-80-92)64-60-56-52-48-44-40-36-32-28-24-20-16-12-8-4/h65-84H,5-64H2,1-4H3. The normalized spacial score (nSPS) is 13.4. The maximum absolute atomic E-state index is 4.03. The van der Waals surface area contributed by atoms with Gasteiger partial charge < -0.3 is 0 Å². The molecule has 13 rings (SSSR count). The van der Waals surface area contributed by atoms with Gasteiger partial charge in [-0.1, -0.05) is 459 Å². The van der Waals surface area contributed by atoms with Gasteiger partial charge in [-0.05, 0) is 174 Å². The summed E-state index contributed by atoms with van der Waals surface area (Å²) in [5.41, 5.74) is 19.3. The van der Waals surface area contributed by atoms with Gasteiger partial charge >= 0.3 is 0 Å². The van der Waals surface area contributed by atoms with Crippen LogP contribution in [-0.4, -0.2) is 0 Å². The predicted molar refractivity (Wildman–Crippen MR) is 550 cm³/mol. The van der Waals surface area contributed by atoms with Crippen molar-refractivity contribution in [2.45, 2.75) is 424 Å². The van der Waals surface area contributed by atoms with Crippen LogP contribution in [0.5, 0.6) is 0 Å². The first-order valence-electron chi connectivity index (χ1n) is 50.2. The van der Waals surface area contributed by atoms with Crippen LogP contribution in [0.15, 0.2) is 129 Å². The van der Waals surface area contributed by atoms with E-state index in [0.29, 0.717) is 0 Å². The number of unbranched alkanes of at least 4 members (excludes halogenated alkanes) is 52. The van der Waals surface area contributed by atoms with Crippen LogP contribution in [0.1, 0.15) is 454 Å². The SMILES string of the molecule is CCCCCCCCCCCCCCCCc1ccc(C2(c3ccc(CCCCCCCCCCCCCCCC)cc3)c3cc4c(cc3-c3sc5c(sc6cc(Br)sc65)c32)C(c2ccc(CCCCCCCCCCCCCCCC)cc2)(c2ccc(CCCCCCCCCCCCCCCC)cc2)c2c-4sc3c2sc2cc(Br)sc23)cc1. The van der Waals surface area contributed by atoms with Crippen molar-refractivity contribution in [1.82, 2.24) is 0 Å². The largest absolute Gasteiger partial charge is 0.133 e. The lowest BCUT2D eigenvalue weighted by Crippen LogP contribution is -2.30. The minimum atomic E-state index is -0.557. The van der Waals surface area contributed by atoms with E-state index < -0.39 is 10.8 Å². The molecule has 0 fully saturated rings. The number of aryl methyl sites for hydroxylation is 4. The van der Waals surface area contributed by atoms with Gasteiger partial charge in [0.05, 0.1) is 46.6 Å². The Morgan fingerprint density at radius 3 is 0.617 bits per heavy atom. The summed E-state index contributed by atoms with van der Waals surface area (Å²) in [4.78, 5) is 2.95. The Kier molecular flexibility index (Phi) is 39.7. The molecule has 2 aliphatic carbocycles. The molecule has 0 amide bonds. The minimum absolute atomic E-state index is 0.557. The first-order chi connectivity index (χ1) is 59.3. The van der Waals surface area contributed by atoms with Crippen LogP contribution in [0, 0.1) is 0 Å². The average molecular weight is 1850 g/mol. The highest BCUT2D eigenvalue weighted by Crippen LogP contribution is 2.69. The van der Waals surface area contributed by atoms with Gasteiger partial charge in [0.1, 0.15) is 0 Å². The molecule has 0 saturated heterocycles. The van der Waals surface area contributed by atoms with Crippen LogP contribution in [-0.2, 0) is 36.5 Å². The van der Waals surface area contributed by atoms with Gasteiger partial charge in [-0.3, -0.25) is 0 Å². The summed E-state index contributed by atoms with van der Waals surface area (Å²) in [6.07, 6.45) is 82.5. The van der Waals surface area contributed by atoms with E-state index in [1.807, 2.05) is 22.7 Å². The third kappa shape index (κ3) is 24.6. The van der Waals surface area contributed by atoms with Gasteiger partial charge in [-0.25, -0.2) is 0 Å². The van der Waals surface area contributed by atoms with Crippen molar-refractivity contribution < 1.29 is 0 Å². The van der Waals surface area contributed by atoms with Crippen molar-refractivity contribution in [1.29, 1.82) is 0 Å². The van der Waals surface area contributed by atoms with Gasteiger partial charge in [-0.15, -0.1) is 68.0 Å². The molecule has 0 spiro atoms. The summed E-state index contributed by atoms with van der Waals surface area (Å²) in [6.45, 7) is 9.31. The number of rotatable bonds is 64. The molecule has 0 radical (unpaired) electrons. The van der Waals surface area contributed by atoms with Crippen LogP contribution < -0.4 is 0 Å². The molecule has 0 N–H and O–H groups in total.